The van der Waals surface area contributed by atoms with Crippen molar-refractivity contribution in [2.24, 2.45) is 5.92 Å². The van der Waals surface area contributed by atoms with E-state index in [-0.39, 0.29) is 17.4 Å². The van der Waals surface area contributed by atoms with Gasteiger partial charge in [-0.05, 0) is 37.1 Å². The molecule has 0 bridgehead atoms. The summed E-state index contributed by atoms with van der Waals surface area (Å²) in [5.74, 6) is -0.787. The summed E-state index contributed by atoms with van der Waals surface area (Å²) in [7, 11) is 0. The molecule has 1 amide bonds. The Bertz CT molecular complexity index is 407. The van der Waals surface area contributed by atoms with Crippen LogP contribution >= 0.6 is 0 Å². The van der Waals surface area contributed by atoms with Crippen LogP contribution in [0.15, 0.2) is 24.3 Å². The second-order valence-electron chi connectivity index (χ2n) is 4.00. The number of aromatic carboxylic acids is 1. The van der Waals surface area contributed by atoms with Crippen molar-refractivity contribution in [1.29, 1.82) is 0 Å². The van der Waals surface area contributed by atoms with Crippen molar-refractivity contribution in [2.45, 2.75) is 19.3 Å². The largest absolute Gasteiger partial charge is 0.478 e. The Morgan fingerprint density at radius 3 is 2.25 bits per heavy atom. The Balaban J connectivity index is 1.99. The molecule has 1 aliphatic carbocycles. The van der Waals surface area contributed by atoms with Gasteiger partial charge >= 0.3 is 5.97 Å². The fourth-order valence-corrected chi connectivity index (χ4v) is 1.61. The van der Waals surface area contributed by atoms with Crippen LogP contribution in [0.1, 0.15) is 29.6 Å². The highest BCUT2D eigenvalue weighted by molar-refractivity contribution is 5.94. The Hall–Kier alpha value is -1.84. The molecule has 1 saturated carbocycles. The van der Waals surface area contributed by atoms with E-state index in [4.69, 9.17) is 5.11 Å². The maximum absolute atomic E-state index is 11.6. The first kappa shape index (κ1) is 10.7. The van der Waals surface area contributed by atoms with E-state index in [2.05, 4.69) is 5.32 Å². The van der Waals surface area contributed by atoms with E-state index in [1.54, 1.807) is 12.1 Å². The predicted octanol–water partition coefficient (Wildman–Crippen LogP) is 2.12. The molecule has 0 atom stereocenters. The Kier molecular flexibility index (Phi) is 2.90. The van der Waals surface area contributed by atoms with Gasteiger partial charge in [0.15, 0.2) is 0 Å². The maximum Gasteiger partial charge on any atom is 0.335 e. The van der Waals surface area contributed by atoms with Crippen molar-refractivity contribution in [3.63, 3.8) is 0 Å². The molecule has 4 heteroatoms. The van der Waals surface area contributed by atoms with E-state index in [9.17, 15) is 9.59 Å². The normalized spacial score (nSPS) is 15.2. The number of hydrogen-bond donors (Lipinski definition) is 2. The van der Waals surface area contributed by atoms with Gasteiger partial charge in [-0.25, -0.2) is 4.79 Å². The SMILES string of the molecule is O=C(O)c1ccc(NC(=O)C2CCC2)cc1. The summed E-state index contributed by atoms with van der Waals surface area (Å²) >= 11 is 0. The van der Waals surface area contributed by atoms with Crippen LogP contribution in [0, 0.1) is 5.92 Å². The molecule has 0 saturated heterocycles. The monoisotopic (exact) mass is 219 g/mol. The fraction of sp³-hybridized carbons (Fsp3) is 0.333. The molecule has 0 heterocycles. The summed E-state index contributed by atoms with van der Waals surface area (Å²) in [4.78, 5) is 22.2. The minimum atomic E-state index is -0.961. The summed E-state index contributed by atoms with van der Waals surface area (Å²) in [5.41, 5.74) is 0.878. The van der Waals surface area contributed by atoms with Gasteiger partial charge in [0.1, 0.15) is 0 Å². The maximum atomic E-state index is 11.6. The highest BCUT2D eigenvalue weighted by atomic mass is 16.4. The van der Waals surface area contributed by atoms with Crippen LogP contribution in [0.2, 0.25) is 0 Å². The molecule has 1 aromatic rings. The number of rotatable bonds is 3. The number of hydrogen-bond acceptors (Lipinski definition) is 2. The number of nitrogens with one attached hydrogen (secondary N) is 1. The van der Waals surface area contributed by atoms with Crippen LogP contribution in [0.5, 0.6) is 0 Å². The zero-order valence-corrected chi connectivity index (χ0v) is 8.77. The van der Waals surface area contributed by atoms with E-state index in [1.807, 2.05) is 0 Å². The third kappa shape index (κ3) is 2.21. The lowest BCUT2D eigenvalue weighted by Crippen LogP contribution is -2.27. The predicted molar refractivity (Wildman–Crippen MR) is 59.4 cm³/mol. The molecule has 2 N–H and O–H groups in total. The van der Waals surface area contributed by atoms with Crippen LogP contribution in [-0.2, 0) is 4.79 Å². The van der Waals surface area contributed by atoms with Gasteiger partial charge in [0, 0.05) is 11.6 Å². The van der Waals surface area contributed by atoms with Gasteiger partial charge in [0.25, 0.3) is 0 Å². The molecule has 0 aromatic heterocycles. The Labute approximate surface area is 93.3 Å². The van der Waals surface area contributed by atoms with E-state index in [1.165, 1.54) is 12.1 Å². The molecule has 84 valence electrons. The van der Waals surface area contributed by atoms with E-state index in [0.29, 0.717) is 5.69 Å². The number of carboxylic acid groups (broad SMARTS) is 1. The number of anilines is 1. The lowest BCUT2D eigenvalue weighted by molar-refractivity contribution is -0.122. The third-order valence-corrected chi connectivity index (χ3v) is 2.88. The highest BCUT2D eigenvalue weighted by Crippen LogP contribution is 2.27. The minimum Gasteiger partial charge on any atom is -0.478 e. The van der Waals surface area contributed by atoms with Crippen LogP contribution in [-0.4, -0.2) is 17.0 Å². The second-order valence-corrected chi connectivity index (χ2v) is 4.00. The first-order valence-corrected chi connectivity index (χ1v) is 5.31. The summed E-state index contributed by atoms with van der Waals surface area (Å²) in [5, 5.41) is 11.5. The second kappa shape index (κ2) is 4.35. The van der Waals surface area contributed by atoms with E-state index in [0.717, 1.165) is 19.3 Å². The molecule has 0 aliphatic heterocycles. The van der Waals surface area contributed by atoms with Crippen LogP contribution in [0.25, 0.3) is 0 Å². The Morgan fingerprint density at radius 1 is 1.19 bits per heavy atom. The van der Waals surface area contributed by atoms with Gasteiger partial charge in [-0.15, -0.1) is 0 Å². The average Bonchev–Trinajstić information content (AvgIpc) is 2.15. The molecule has 16 heavy (non-hydrogen) atoms. The lowest BCUT2D eigenvalue weighted by atomic mass is 9.85. The molecule has 0 unspecified atom stereocenters. The van der Waals surface area contributed by atoms with Gasteiger partial charge in [-0.1, -0.05) is 6.42 Å². The molecular formula is C12H13NO3. The molecule has 1 aromatic carbocycles. The average molecular weight is 219 g/mol. The molecule has 0 spiro atoms. The highest BCUT2D eigenvalue weighted by Gasteiger charge is 2.24. The quantitative estimate of drug-likeness (QED) is 0.818. The molecule has 1 fully saturated rings. The summed E-state index contributed by atoms with van der Waals surface area (Å²) in [6.45, 7) is 0. The van der Waals surface area contributed by atoms with Gasteiger partial charge in [-0.3, -0.25) is 4.79 Å². The molecule has 0 radical (unpaired) electrons. The first-order valence-electron chi connectivity index (χ1n) is 5.31. The van der Waals surface area contributed by atoms with Crippen LogP contribution in [0.4, 0.5) is 5.69 Å². The summed E-state index contributed by atoms with van der Waals surface area (Å²) in [6, 6.07) is 6.19. The van der Waals surface area contributed by atoms with Gasteiger partial charge < -0.3 is 10.4 Å². The number of amides is 1. The minimum absolute atomic E-state index is 0.0364. The van der Waals surface area contributed by atoms with Gasteiger partial charge in [0.05, 0.1) is 5.56 Å². The van der Waals surface area contributed by atoms with E-state index < -0.39 is 5.97 Å². The van der Waals surface area contributed by atoms with Gasteiger partial charge in [0.2, 0.25) is 5.91 Å². The molecular weight excluding hydrogens is 206 g/mol. The first-order chi connectivity index (χ1) is 7.66. The number of carbonyl (C=O) groups excluding carboxylic acids is 1. The third-order valence-electron chi connectivity index (χ3n) is 2.88. The number of carbonyl (C=O) groups is 2. The van der Waals surface area contributed by atoms with Crippen LogP contribution in [0.3, 0.4) is 0 Å². The molecule has 4 nitrogen and oxygen atoms in total. The molecule has 2 rings (SSSR count). The van der Waals surface area contributed by atoms with Crippen molar-refractivity contribution in [2.75, 3.05) is 5.32 Å². The van der Waals surface area contributed by atoms with Crippen molar-refractivity contribution < 1.29 is 14.7 Å². The summed E-state index contributed by atoms with van der Waals surface area (Å²) in [6.07, 6.45) is 3.04. The van der Waals surface area contributed by atoms with Crippen molar-refractivity contribution in [1.82, 2.24) is 0 Å². The lowest BCUT2D eigenvalue weighted by Gasteiger charge is -2.24. The zero-order chi connectivity index (χ0) is 11.5. The topological polar surface area (TPSA) is 66.4 Å². The smallest absolute Gasteiger partial charge is 0.335 e. The number of benzene rings is 1. The zero-order valence-electron chi connectivity index (χ0n) is 8.77. The fourth-order valence-electron chi connectivity index (χ4n) is 1.61. The Morgan fingerprint density at radius 2 is 1.81 bits per heavy atom. The van der Waals surface area contributed by atoms with Crippen molar-refractivity contribution in [3.8, 4) is 0 Å². The van der Waals surface area contributed by atoms with Crippen LogP contribution < -0.4 is 5.32 Å². The molecule has 1 aliphatic rings. The standard InChI is InChI=1S/C12H13NO3/c14-11(8-2-1-3-8)13-10-6-4-9(5-7-10)12(15)16/h4-8H,1-3H2,(H,13,14)(H,15,16). The van der Waals surface area contributed by atoms with Crippen molar-refractivity contribution in [3.05, 3.63) is 29.8 Å². The van der Waals surface area contributed by atoms with Gasteiger partial charge in [-0.2, -0.15) is 0 Å². The number of carboxylic acids is 1. The summed E-state index contributed by atoms with van der Waals surface area (Å²) < 4.78 is 0. The van der Waals surface area contributed by atoms with E-state index >= 15 is 0 Å². The van der Waals surface area contributed by atoms with Crippen molar-refractivity contribution >= 4 is 17.6 Å².